The topological polar surface area (TPSA) is 52.6 Å². The van der Waals surface area contributed by atoms with Crippen molar-refractivity contribution in [3.63, 3.8) is 0 Å². The summed E-state index contributed by atoms with van der Waals surface area (Å²) in [6.07, 6.45) is 0. The third-order valence-corrected chi connectivity index (χ3v) is 3.15. The molecule has 0 radical (unpaired) electrons. The fourth-order valence-corrected chi connectivity index (χ4v) is 1.91. The van der Waals surface area contributed by atoms with Gasteiger partial charge in [-0.15, -0.1) is 11.8 Å². The van der Waals surface area contributed by atoms with E-state index in [0.717, 1.165) is 4.90 Å². The number of carbonyl (C=O) groups is 2. The summed E-state index contributed by atoms with van der Waals surface area (Å²) in [5.41, 5.74) is 0.669. The Labute approximate surface area is 111 Å². The number of carbonyl (C=O) groups excluding carboxylic acids is 2. The van der Waals surface area contributed by atoms with E-state index in [9.17, 15) is 9.59 Å². The molecule has 0 aliphatic rings. The average molecular weight is 268 g/mol. The summed E-state index contributed by atoms with van der Waals surface area (Å²) in [5.74, 6) is 0.0153. The second kappa shape index (κ2) is 7.89. The predicted molar refractivity (Wildman–Crippen MR) is 70.0 cm³/mol. The van der Waals surface area contributed by atoms with E-state index in [1.54, 1.807) is 19.2 Å². The molecule has 4 nitrogen and oxygen atoms in total. The molecule has 0 unspecified atom stereocenters. The Balaban J connectivity index is 2.34. The van der Waals surface area contributed by atoms with Crippen molar-refractivity contribution in [3.8, 4) is 0 Å². The second-order valence-corrected chi connectivity index (χ2v) is 4.63. The number of Topliss-reactive ketones (excluding diaryl/α,β-unsaturated/α-hetero) is 1. The number of benzene rings is 1. The van der Waals surface area contributed by atoms with Gasteiger partial charge in [-0.1, -0.05) is 12.1 Å². The molecular weight excluding hydrogens is 252 g/mol. The number of thioether (sulfide) groups is 1. The Bertz CT molecular complexity index is 400. The van der Waals surface area contributed by atoms with Gasteiger partial charge in [0.2, 0.25) is 0 Å². The summed E-state index contributed by atoms with van der Waals surface area (Å²) in [7, 11) is 1.55. The van der Waals surface area contributed by atoms with Crippen molar-refractivity contribution >= 4 is 23.5 Å². The quantitative estimate of drug-likeness (QED) is 0.328. The van der Waals surface area contributed by atoms with Crippen LogP contribution in [0.2, 0.25) is 0 Å². The maximum atomic E-state index is 11.3. The Kier molecular flexibility index (Phi) is 6.46. The standard InChI is InChI=1S/C13H16O4S/c1-10(14)11-3-5-12(6-4-11)18-9-13(15)17-8-7-16-2/h3-6H,7-9H2,1-2H3. The van der Waals surface area contributed by atoms with Gasteiger partial charge in [-0.2, -0.15) is 0 Å². The molecule has 0 atom stereocenters. The number of hydrogen-bond donors (Lipinski definition) is 0. The number of hydrogen-bond acceptors (Lipinski definition) is 5. The lowest BCUT2D eigenvalue weighted by molar-refractivity contribution is -0.141. The third kappa shape index (κ3) is 5.33. The van der Waals surface area contributed by atoms with Gasteiger partial charge in [-0.25, -0.2) is 0 Å². The van der Waals surface area contributed by atoms with E-state index in [4.69, 9.17) is 9.47 Å². The van der Waals surface area contributed by atoms with Crippen LogP contribution in [0.4, 0.5) is 0 Å². The first kappa shape index (κ1) is 14.7. The molecule has 0 fully saturated rings. The van der Waals surface area contributed by atoms with Gasteiger partial charge in [0.15, 0.2) is 5.78 Å². The number of methoxy groups -OCH3 is 1. The Hall–Kier alpha value is -1.33. The lowest BCUT2D eigenvalue weighted by Crippen LogP contribution is -2.11. The van der Waals surface area contributed by atoms with Crippen LogP contribution in [-0.4, -0.2) is 37.8 Å². The normalized spacial score (nSPS) is 10.1. The predicted octanol–water partition coefficient (Wildman–Crippen LogP) is 2.17. The largest absolute Gasteiger partial charge is 0.463 e. The van der Waals surface area contributed by atoms with Gasteiger partial charge in [0, 0.05) is 17.6 Å². The summed E-state index contributed by atoms with van der Waals surface area (Å²) in [6, 6.07) is 7.15. The van der Waals surface area contributed by atoms with Crippen LogP contribution >= 0.6 is 11.8 Å². The van der Waals surface area contributed by atoms with Crippen LogP contribution in [0.25, 0.3) is 0 Å². The SMILES string of the molecule is COCCOC(=O)CSc1ccc(C(C)=O)cc1. The number of ketones is 1. The van der Waals surface area contributed by atoms with Gasteiger partial charge in [-0.3, -0.25) is 9.59 Å². The first-order valence-corrected chi connectivity index (χ1v) is 6.50. The maximum absolute atomic E-state index is 11.3. The van der Waals surface area contributed by atoms with Crippen molar-refractivity contribution in [3.05, 3.63) is 29.8 Å². The van der Waals surface area contributed by atoms with Gasteiger partial charge in [0.1, 0.15) is 6.61 Å². The van der Waals surface area contributed by atoms with Gasteiger partial charge >= 0.3 is 5.97 Å². The fraction of sp³-hybridized carbons (Fsp3) is 0.385. The molecule has 0 aliphatic heterocycles. The lowest BCUT2D eigenvalue weighted by atomic mass is 10.2. The molecule has 0 saturated carbocycles. The minimum atomic E-state index is -0.271. The van der Waals surface area contributed by atoms with Crippen molar-refractivity contribution in [1.29, 1.82) is 0 Å². The summed E-state index contributed by atoms with van der Waals surface area (Å²) in [4.78, 5) is 23.3. The molecule has 0 bridgehead atoms. The molecule has 0 aromatic heterocycles. The second-order valence-electron chi connectivity index (χ2n) is 3.58. The van der Waals surface area contributed by atoms with Crippen LogP contribution in [0, 0.1) is 0 Å². The minimum absolute atomic E-state index is 0.0329. The molecule has 0 N–H and O–H groups in total. The highest BCUT2D eigenvalue weighted by molar-refractivity contribution is 8.00. The first-order chi connectivity index (χ1) is 8.63. The Morgan fingerprint density at radius 3 is 2.39 bits per heavy atom. The molecule has 1 rings (SSSR count). The van der Waals surface area contributed by atoms with Crippen LogP contribution < -0.4 is 0 Å². The van der Waals surface area contributed by atoms with Gasteiger partial charge in [-0.05, 0) is 19.1 Å². The molecule has 98 valence electrons. The smallest absolute Gasteiger partial charge is 0.316 e. The van der Waals surface area contributed by atoms with E-state index in [1.807, 2.05) is 12.1 Å². The zero-order valence-electron chi connectivity index (χ0n) is 10.5. The van der Waals surface area contributed by atoms with Crippen molar-refractivity contribution in [2.24, 2.45) is 0 Å². The highest BCUT2D eigenvalue weighted by Crippen LogP contribution is 2.18. The molecule has 0 heterocycles. The van der Waals surface area contributed by atoms with Crippen LogP contribution in [0.5, 0.6) is 0 Å². The van der Waals surface area contributed by atoms with Crippen LogP contribution in [0.3, 0.4) is 0 Å². The van der Waals surface area contributed by atoms with E-state index < -0.39 is 0 Å². The molecule has 18 heavy (non-hydrogen) atoms. The fourth-order valence-electron chi connectivity index (χ4n) is 1.21. The van der Waals surface area contributed by atoms with Crippen LogP contribution in [0.15, 0.2) is 29.2 Å². The van der Waals surface area contributed by atoms with Crippen molar-refractivity contribution in [2.45, 2.75) is 11.8 Å². The highest BCUT2D eigenvalue weighted by atomic mass is 32.2. The first-order valence-electron chi connectivity index (χ1n) is 5.52. The molecule has 5 heteroatoms. The molecular formula is C13H16O4S. The number of rotatable bonds is 7. The molecule has 0 saturated heterocycles. The minimum Gasteiger partial charge on any atom is -0.463 e. The average Bonchev–Trinajstić information content (AvgIpc) is 2.37. The monoisotopic (exact) mass is 268 g/mol. The summed E-state index contributed by atoms with van der Waals surface area (Å²) in [6.45, 7) is 2.21. The van der Waals surface area contributed by atoms with E-state index in [-0.39, 0.29) is 24.1 Å². The van der Waals surface area contributed by atoms with Crippen LogP contribution in [0.1, 0.15) is 17.3 Å². The lowest BCUT2D eigenvalue weighted by Gasteiger charge is -2.04. The highest BCUT2D eigenvalue weighted by Gasteiger charge is 2.05. The van der Waals surface area contributed by atoms with Crippen molar-refractivity contribution in [2.75, 3.05) is 26.1 Å². The van der Waals surface area contributed by atoms with Gasteiger partial charge in [0.25, 0.3) is 0 Å². The van der Waals surface area contributed by atoms with Crippen LogP contribution in [-0.2, 0) is 14.3 Å². The van der Waals surface area contributed by atoms with E-state index in [0.29, 0.717) is 12.2 Å². The molecule has 0 aliphatic carbocycles. The van der Waals surface area contributed by atoms with E-state index >= 15 is 0 Å². The van der Waals surface area contributed by atoms with Gasteiger partial charge < -0.3 is 9.47 Å². The molecule has 0 spiro atoms. The van der Waals surface area contributed by atoms with E-state index in [2.05, 4.69) is 0 Å². The van der Waals surface area contributed by atoms with Crippen molar-refractivity contribution in [1.82, 2.24) is 0 Å². The van der Waals surface area contributed by atoms with Gasteiger partial charge in [0.05, 0.1) is 12.4 Å². The Morgan fingerprint density at radius 1 is 1.17 bits per heavy atom. The summed E-state index contributed by atoms with van der Waals surface area (Å²) < 4.78 is 9.70. The number of esters is 1. The zero-order chi connectivity index (χ0) is 13.4. The van der Waals surface area contributed by atoms with Crippen molar-refractivity contribution < 1.29 is 19.1 Å². The van der Waals surface area contributed by atoms with E-state index in [1.165, 1.54) is 18.7 Å². The summed E-state index contributed by atoms with van der Waals surface area (Å²) >= 11 is 1.38. The zero-order valence-corrected chi connectivity index (χ0v) is 11.3. The molecule has 1 aromatic carbocycles. The maximum Gasteiger partial charge on any atom is 0.316 e. The third-order valence-electron chi connectivity index (χ3n) is 2.17. The number of ether oxygens (including phenoxy) is 2. The summed E-state index contributed by atoms with van der Waals surface area (Å²) in [5, 5.41) is 0. The Morgan fingerprint density at radius 2 is 1.83 bits per heavy atom. The molecule has 1 aromatic rings. The molecule has 0 amide bonds.